The van der Waals surface area contributed by atoms with Crippen molar-refractivity contribution < 1.29 is 26.4 Å². The summed E-state index contributed by atoms with van der Waals surface area (Å²) in [5.41, 5.74) is 1.00. The number of nitrogens with one attached hydrogen (secondary N) is 2. The van der Waals surface area contributed by atoms with Crippen LogP contribution in [0.1, 0.15) is 95.5 Å². The van der Waals surface area contributed by atoms with Gasteiger partial charge >= 0.3 is 0 Å². The summed E-state index contributed by atoms with van der Waals surface area (Å²) < 4.78 is 53.5. The minimum atomic E-state index is -3.60. The summed E-state index contributed by atoms with van der Waals surface area (Å²) in [5.74, 6) is 2.26. The van der Waals surface area contributed by atoms with Crippen molar-refractivity contribution in [3.05, 3.63) is 100 Å². The van der Waals surface area contributed by atoms with Gasteiger partial charge in [0.1, 0.15) is 22.7 Å². The molecule has 4 aliphatic heterocycles. The number of nitrogens with zero attached hydrogens (tertiary/aromatic N) is 6. The van der Waals surface area contributed by atoms with Crippen molar-refractivity contribution in [1.82, 2.24) is 29.2 Å². The number of amides is 2. The van der Waals surface area contributed by atoms with Gasteiger partial charge in [0.25, 0.3) is 11.8 Å². The van der Waals surface area contributed by atoms with E-state index in [2.05, 4.69) is 43.1 Å². The Kier molecular flexibility index (Phi) is 14.4. The van der Waals surface area contributed by atoms with Crippen LogP contribution in [0.3, 0.4) is 0 Å². The number of aliphatic imine (C=N–C) groups is 2. The lowest BCUT2D eigenvalue weighted by molar-refractivity contribution is -0.125. The highest BCUT2D eigenvalue weighted by Crippen LogP contribution is 2.37. The number of amidine groups is 2. The Bertz CT molecular complexity index is 2720. The quantitative estimate of drug-likeness (QED) is 0.187. The number of halogens is 1. The fourth-order valence-corrected chi connectivity index (χ4v) is 12.4. The molecule has 0 radical (unpaired) electrons. The summed E-state index contributed by atoms with van der Waals surface area (Å²) >= 11 is 3.43. The molecule has 0 atom stereocenters. The number of fused-ring (bicyclic) bond motifs is 2. The Balaban J connectivity index is 0.000000150. The average Bonchev–Trinajstić information content (AvgIpc) is 3.83. The summed E-state index contributed by atoms with van der Waals surface area (Å²) in [4.78, 5) is 43.4. The number of para-hydroxylation sites is 2. The smallest absolute Gasteiger partial charge is 0.253 e. The number of pyridine rings is 2. The van der Waals surface area contributed by atoms with E-state index < -0.39 is 31.1 Å². The maximum Gasteiger partial charge on any atom is 0.253 e. The number of sulfonamides is 2. The zero-order valence-electron chi connectivity index (χ0n) is 36.6. The monoisotopic (exact) mass is 984 g/mol. The van der Waals surface area contributed by atoms with Crippen LogP contribution in [0, 0.1) is 11.8 Å². The molecule has 0 unspecified atom stereocenters. The Morgan fingerprint density at radius 2 is 1.06 bits per heavy atom. The van der Waals surface area contributed by atoms with Crippen molar-refractivity contribution in [2.24, 2.45) is 21.8 Å². The molecule has 17 heteroatoms. The van der Waals surface area contributed by atoms with Crippen molar-refractivity contribution in [3.63, 3.8) is 0 Å². The van der Waals surface area contributed by atoms with Crippen LogP contribution in [0.15, 0.2) is 105 Å². The van der Waals surface area contributed by atoms with Gasteiger partial charge in [-0.3, -0.25) is 29.5 Å². The molecular weight excluding hydrogens is 929 g/mol. The number of aromatic nitrogens is 2. The number of benzene rings is 2. The molecule has 6 heterocycles. The summed E-state index contributed by atoms with van der Waals surface area (Å²) in [6, 6.07) is 19.5. The summed E-state index contributed by atoms with van der Waals surface area (Å²) in [6.07, 6.45) is 18.4. The van der Waals surface area contributed by atoms with Gasteiger partial charge in [0, 0.05) is 82.0 Å². The number of hydrogen-bond donors (Lipinski definition) is 2. The molecule has 344 valence electrons. The van der Waals surface area contributed by atoms with Crippen LogP contribution < -0.4 is 10.6 Å². The van der Waals surface area contributed by atoms with Gasteiger partial charge in [0.15, 0.2) is 0 Å². The molecule has 2 amide bonds. The van der Waals surface area contributed by atoms with E-state index in [4.69, 9.17) is 9.98 Å². The highest BCUT2D eigenvalue weighted by molar-refractivity contribution is 9.10. The fraction of sp³-hybridized carbons (Fsp3) is 0.458. The lowest BCUT2D eigenvalue weighted by Gasteiger charge is -2.34. The van der Waals surface area contributed by atoms with Gasteiger partial charge in [-0.15, -0.1) is 0 Å². The largest absolute Gasteiger partial charge is 0.312 e. The van der Waals surface area contributed by atoms with Gasteiger partial charge in [0.05, 0.1) is 11.0 Å². The van der Waals surface area contributed by atoms with Gasteiger partial charge < -0.3 is 10.6 Å². The van der Waals surface area contributed by atoms with Crippen LogP contribution in [0.25, 0.3) is 27.9 Å². The normalized spacial score (nSPS) is 21.9. The van der Waals surface area contributed by atoms with Gasteiger partial charge in [-0.05, 0) is 91.6 Å². The molecule has 0 bridgehead atoms. The number of hydrogen-bond acceptors (Lipinski definition) is 10. The zero-order chi connectivity index (χ0) is 45.7. The molecule has 2 aliphatic carbocycles. The van der Waals surface area contributed by atoms with Gasteiger partial charge in [-0.25, -0.2) is 16.8 Å². The zero-order valence-corrected chi connectivity index (χ0v) is 39.8. The van der Waals surface area contributed by atoms with E-state index in [9.17, 15) is 26.4 Å². The first-order valence-corrected chi connectivity index (χ1v) is 26.6. The van der Waals surface area contributed by atoms with Crippen molar-refractivity contribution in [3.8, 4) is 0 Å². The standard InChI is InChI=1S/C24H28N4O3S.C15H23N3O3S.C9H6BrN/c29-23-24(27-22(26-23)20-6-2-1-3-7-20)12-15-28(16-13-24)32(30,31)17-11-19-9-4-8-18-10-5-14-25-21(18)19;1-2-22(20,21)18-10-8-15(9-11-18)14(19)16-13(17-15)12-6-4-3-5-7-12;10-8-5-1-3-7-4-2-6-11-9(7)8/h4-5,8-11,14,17,20H,1-3,6-7,12-13,15-16H2,(H,26,27,29);2,12H,1,3-11H2,(H,16,17,19);1-6H/b17-11+;;. The van der Waals surface area contributed by atoms with Crippen molar-refractivity contribution in [2.45, 2.75) is 101 Å². The van der Waals surface area contributed by atoms with Crippen molar-refractivity contribution >= 4 is 87.3 Å². The lowest BCUT2D eigenvalue weighted by Crippen LogP contribution is -2.50. The van der Waals surface area contributed by atoms with Crippen molar-refractivity contribution in [2.75, 3.05) is 26.2 Å². The highest BCUT2D eigenvalue weighted by atomic mass is 79.9. The second-order valence-electron chi connectivity index (χ2n) is 17.7. The van der Waals surface area contributed by atoms with E-state index in [0.717, 1.165) is 69.2 Å². The molecule has 2 saturated heterocycles. The molecular formula is C48H57BrN8O6S2. The third-order valence-corrected chi connectivity index (χ3v) is 17.4. The Morgan fingerprint density at radius 1 is 0.615 bits per heavy atom. The summed E-state index contributed by atoms with van der Waals surface area (Å²) in [5, 5.41) is 10.3. The van der Waals surface area contributed by atoms with E-state index in [0.29, 0.717) is 50.6 Å². The van der Waals surface area contributed by atoms with E-state index in [-0.39, 0.29) is 24.9 Å². The van der Waals surface area contributed by atoms with Crippen LogP contribution >= 0.6 is 15.9 Å². The molecule has 4 aromatic rings. The maximum absolute atomic E-state index is 13.0. The maximum atomic E-state index is 13.0. The molecule has 10 rings (SSSR count). The fourth-order valence-electron chi connectivity index (χ4n) is 9.80. The summed E-state index contributed by atoms with van der Waals surface area (Å²) in [6.45, 7) is 4.57. The van der Waals surface area contributed by atoms with E-state index in [1.807, 2.05) is 60.7 Å². The van der Waals surface area contributed by atoms with Crippen LogP contribution in [0.2, 0.25) is 0 Å². The predicted molar refractivity (Wildman–Crippen MR) is 260 cm³/mol. The third-order valence-electron chi connectivity index (χ3n) is 13.7. The predicted octanol–water partition coefficient (Wildman–Crippen LogP) is 7.88. The topological polar surface area (TPSA) is 183 Å². The van der Waals surface area contributed by atoms with Gasteiger partial charge in [-0.2, -0.15) is 8.61 Å². The molecule has 2 aromatic carbocycles. The van der Waals surface area contributed by atoms with E-state index in [1.165, 1.54) is 57.9 Å². The Labute approximate surface area is 390 Å². The second kappa shape index (κ2) is 20.0. The van der Waals surface area contributed by atoms with E-state index in [1.54, 1.807) is 18.5 Å². The summed E-state index contributed by atoms with van der Waals surface area (Å²) in [7, 11) is -7.00. The molecule has 4 fully saturated rings. The van der Waals surface area contributed by atoms with E-state index >= 15 is 0 Å². The SMILES string of the molecule is Brc1cccc2cccnc12.C=CS(=O)(=O)N1CCC2(CC1)N=C(C1CCCCC1)NC2=O.O=C1NC(C2CCCCC2)=NC12CCN(S(=O)(=O)/C=C/c1cccc3cccnc13)CC2. The van der Waals surface area contributed by atoms with Crippen LogP contribution in [-0.2, 0) is 29.6 Å². The van der Waals surface area contributed by atoms with Crippen LogP contribution in [0.5, 0.6) is 0 Å². The molecule has 2 saturated carbocycles. The van der Waals surface area contributed by atoms with Crippen molar-refractivity contribution in [1.29, 1.82) is 0 Å². The number of carbonyl (C=O) groups is 2. The minimum Gasteiger partial charge on any atom is -0.312 e. The molecule has 2 spiro atoms. The average molecular weight is 986 g/mol. The minimum absolute atomic E-state index is 0.0521. The molecule has 2 aromatic heterocycles. The molecule has 65 heavy (non-hydrogen) atoms. The second-order valence-corrected chi connectivity index (χ2v) is 22.3. The number of piperidine rings is 2. The third kappa shape index (κ3) is 10.5. The lowest BCUT2D eigenvalue weighted by atomic mass is 9.88. The van der Waals surface area contributed by atoms with Crippen LogP contribution in [0.4, 0.5) is 0 Å². The number of carbonyl (C=O) groups excluding carboxylic acids is 2. The van der Waals surface area contributed by atoms with Gasteiger partial charge in [-0.1, -0.05) is 87.6 Å². The molecule has 14 nitrogen and oxygen atoms in total. The Morgan fingerprint density at radius 3 is 1.55 bits per heavy atom. The first kappa shape index (κ1) is 46.8. The molecule has 6 aliphatic rings. The molecule has 2 N–H and O–H groups in total. The highest BCUT2D eigenvalue weighted by Gasteiger charge is 2.49. The first-order valence-electron chi connectivity index (χ1n) is 22.8. The number of rotatable bonds is 7. The first-order chi connectivity index (χ1) is 31.3. The van der Waals surface area contributed by atoms with Crippen LogP contribution in [-0.4, -0.2) is 96.2 Å². The van der Waals surface area contributed by atoms with Gasteiger partial charge in [0.2, 0.25) is 20.0 Å². The Hall–Kier alpha value is -4.68.